The largest absolute Gasteiger partial charge is 0.481 e. The first-order valence-corrected chi connectivity index (χ1v) is 3.56. The maximum Gasteiger partial charge on any atom is 0.208 e. The molecule has 0 fully saturated rings. The van der Waals surface area contributed by atoms with E-state index in [2.05, 4.69) is 0 Å². The van der Waals surface area contributed by atoms with Gasteiger partial charge in [0.15, 0.2) is 0 Å². The van der Waals surface area contributed by atoms with Crippen LogP contribution in [0, 0.1) is 5.41 Å². The Morgan fingerprint density at radius 2 is 1.91 bits per heavy atom. The number of methoxy groups -OCH3 is 1. The molecule has 0 aliphatic carbocycles. The Bertz CT molecular complexity index is 202. The molecule has 0 amide bonds. The van der Waals surface area contributed by atoms with Crippen LogP contribution in [0.25, 0.3) is 0 Å². The third-order valence-electron chi connectivity index (χ3n) is 1.55. The smallest absolute Gasteiger partial charge is 0.208 e. The van der Waals surface area contributed by atoms with Crippen LogP contribution in [0.4, 0.5) is 0 Å². The second-order valence-corrected chi connectivity index (χ2v) is 2.34. The summed E-state index contributed by atoms with van der Waals surface area (Å²) in [4.78, 5) is 0. The maximum absolute atomic E-state index is 7.34. The molecule has 0 aliphatic rings. The summed E-state index contributed by atoms with van der Waals surface area (Å²) in [7, 11) is 1.51. The van der Waals surface area contributed by atoms with Crippen molar-refractivity contribution in [3.63, 3.8) is 0 Å². The first-order valence-electron chi connectivity index (χ1n) is 3.56. The van der Waals surface area contributed by atoms with Gasteiger partial charge in [0.2, 0.25) is 5.90 Å². The van der Waals surface area contributed by atoms with Crippen LogP contribution in [-0.4, -0.2) is 13.0 Å². The molecule has 0 radical (unpaired) electrons. The molecule has 0 aromatic rings. The molecule has 0 unspecified atom stereocenters. The van der Waals surface area contributed by atoms with Crippen molar-refractivity contribution in [2.45, 2.75) is 20.8 Å². The van der Waals surface area contributed by atoms with Gasteiger partial charge in [-0.2, -0.15) is 0 Å². The van der Waals surface area contributed by atoms with E-state index in [1.165, 1.54) is 7.11 Å². The lowest BCUT2D eigenvalue weighted by molar-refractivity contribution is 0.399. The standard InChI is InChI=1S/C9H15NO/c1-5-6-7(2)8(3)9(10)11-4/h5-6,10H,1-4H3/b6-5+,8-7+,10-9?. The minimum absolute atomic E-state index is 0.237. The predicted octanol–water partition coefficient (Wildman–Crippen LogP) is 2.52. The molecule has 2 nitrogen and oxygen atoms in total. The summed E-state index contributed by atoms with van der Waals surface area (Å²) in [6.07, 6.45) is 3.91. The number of ether oxygens (including phenoxy) is 1. The van der Waals surface area contributed by atoms with Crippen LogP contribution in [0.3, 0.4) is 0 Å². The lowest BCUT2D eigenvalue weighted by Crippen LogP contribution is -2.01. The Morgan fingerprint density at radius 3 is 2.27 bits per heavy atom. The number of hydrogen-bond donors (Lipinski definition) is 1. The van der Waals surface area contributed by atoms with E-state index in [0.29, 0.717) is 0 Å². The van der Waals surface area contributed by atoms with Crippen LogP contribution < -0.4 is 0 Å². The summed E-state index contributed by atoms with van der Waals surface area (Å²) >= 11 is 0. The van der Waals surface area contributed by atoms with Gasteiger partial charge in [0, 0.05) is 5.57 Å². The Kier molecular flexibility index (Phi) is 4.27. The molecule has 0 saturated carbocycles. The minimum atomic E-state index is 0.237. The van der Waals surface area contributed by atoms with E-state index < -0.39 is 0 Å². The van der Waals surface area contributed by atoms with Crippen molar-refractivity contribution in [1.29, 1.82) is 5.41 Å². The molecule has 11 heavy (non-hydrogen) atoms. The first kappa shape index (κ1) is 9.95. The molecule has 0 rings (SSSR count). The van der Waals surface area contributed by atoms with E-state index in [0.717, 1.165) is 11.1 Å². The third-order valence-corrected chi connectivity index (χ3v) is 1.55. The average Bonchev–Trinajstić information content (AvgIpc) is 2.02. The highest BCUT2D eigenvalue weighted by Crippen LogP contribution is 2.06. The number of hydrogen-bond acceptors (Lipinski definition) is 2. The highest BCUT2D eigenvalue weighted by molar-refractivity contribution is 5.91. The summed E-state index contributed by atoms with van der Waals surface area (Å²) < 4.78 is 4.77. The van der Waals surface area contributed by atoms with E-state index in [1.807, 2.05) is 32.9 Å². The van der Waals surface area contributed by atoms with Gasteiger partial charge in [-0.25, -0.2) is 0 Å². The van der Waals surface area contributed by atoms with Gasteiger partial charge in [0.05, 0.1) is 7.11 Å². The zero-order valence-corrected chi connectivity index (χ0v) is 7.56. The van der Waals surface area contributed by atoms with Crippen LogP contribution in [-0.2, 0) is 4.74 Å². The lowest BCUT2D eigenvalue weighted by atomic mass is 10.1. The van der Waals surface area contributed by atoms with Gasteiger partial charge in [-0.1, -0.05) is 12.2 Å². The molecule has 0 aromatic heterocycles. The van der Waals surface area contributed by atoms with Crippen LogP contribution in [0.1, 0.15) is 20.8 Å². The van der Waals surface area contributed by atoms with E-state index >= 15 is 0 Å². The molecule has 1 N–H and O–H groups in total. The Balaban J connectivity index is 4.51. The fraction of sp³-hybridized carbons (Fsp3) is 0.444. The molecule has 2 heteroatoms. The molecule has 0 aliphatic heterocycles. The molecule has 0 spiro atoms. The zero-order valence-electron chi connectivity index (χ0n) is 7.56. The van der Waals surface area contributed by atoms with Gasteiger partial charge in [0.25, 0.3) is 0 Å². The van der Waals surface area contributed by atoms with Crippen molar-refractivity contribution < 1.29 is 4.74 Å². The van der Waals surface area contributed by atoms with Crippen molar-refractivity contribution in [1.82, 2.24) is 0 Å². The molecule has 62 valence electrons. The van der Waals surface area contributed by atoms with E-state index in [-0.39, 0.29) is 5.90 Å². The zero-order chi connectivity index (χ0) is 8.85. The van der Waals surface area contributed by atoms with Crippen LogP contribution in [0.2, 0.25) is 0 Å². The summed E-state index contributed by atoms with van der Waals surface area (Å²) in [5, 5.41) is 7.34. The van der Waals surface area contributed by atoms with Crippen molar-refractivity contribution in [2.24, 2.45) is 0 Å². The lowest BCUT2D eigenvalue weighted by Gasteiger charge is -2.03. The fourth-order valence-corrected chi connectivity index (χ4v) is 0.707. The predicted molar refractivity (Wildman–Crippen MR) is 47.9 cm³/mol. The topological polar surface area (TPSA) is 33.1 Å². The van der Waals surface area contributed by atoms with Gasteiger partial charge in [-0.3, -0.25) is 5.41 Å². The molecule has 0 aromatic carbocycles. The fourth-order valence-electron chi connectivity index (χ4n) is 0.707. The molecule has 0 atom stereocenters. The van der Waals surface area contributed by atoms with Gasteiger partial charge in [-0.15, -0.1) is 0 Å². The summed E-state index contributed by atoms with van der Waals surface area (Å²) in [5.41, 5.74) is 1.95. The minimum Gasteiger partial charge on any atom is -0.481 e. The van der Waals surface area contributed by atoms with Crippen molar-refractivity contribution in [2.75, 3.05) is 7.11 Å². The Morgan fingerprint density at radius 1 is 1.36 bits per heavy atom. The van der Waals surface area contributed by atoms with Crippen molar-refractivity contribution >= 4 is 5.90 Å². The number of allylic oxidation sites excluding steroid dienone is 3. The van der Waals surface area contributed by atoms with E-state index in [4.69, 9.17) is 10.1 Å². The molecular formula is C9H15NO. The monoisotopic (exact) mass is 153 g/mol. The highest BCUT2D eigenvalue weighted by Gasteiger charge is 1.99. The van der Waals surface area contributed by atoms with E-state index in [1.54, 1.807) is 0 Å². The second-order valence-electron chi connectivity index (χ2n) is 2.34. The van der Waals surface area contributed by atoms with Crippen LogP contribution in [0.5, 0.6) is 0 Å². The van der Waals surface area contributed by atoms with Crippen molar-refractivity contribution in [3.05, 3.63) is 23.3 Å². The number of nitrogens with one attached hydrogen (secondary N) is 1. The summed E-state index contributed by atoms with van der Waals surface area (Å²) in [5.74, 6) is 0.237. The van der Waals surface area contributed by atoms with Gasteiger partial charge < -0.3 is 4.74 Å². The molecule has 0 heterocycles. The van der Waals surface area contributed by atoms with Gasteiger partial charge in [-0.05, 0) is 26.3 Å². The van der Waals surface area contributed by atoms with Crippen LogP contribution in [0.15, 0.2) is 23.3 Å². The van der Waals surface area contributed by atoms with Gasteiger partial charge >= 0.3 is 0 Å². The quantitative estimate of drug-likeness (QED) is 0.369. The second kappa shape index (κ2) is 4.72. The third kappa shape index (κ3) is 3.03. The molecular weight excluding hydrogens is 138 g/mol. The van der Waals surface area contributed by atoms with E-state index in [9.17, 15) is 0 Å². The Labute approximate surface area is 68.1 Å². The summed E-state index contributed by atoms with van der Waals surface area (Å²) in [6.45, 7) is 5.79. The highest BCUT2D eigenvalue weighted by atomic mass is 16.5. The SMILES string of the molecule is C/C=C/C(C)=C(\C)C(=N)OC. The van der Waals surface area contributed by atoms with Gasteiger partial charge in [0.1, 0.15) is 0 Å². The normalized spacial score (nSPS) is 13.1. The Hall–Kier alpha value is -1.05. The molecule has 0 saturated heterocycles. The maximum atomic E-state index is 7.34. The van der Waals surface area contributed by atoms with Crippen LogP contribution >= 0.6 is 0 Å². The van der Waals surface area contributed by atoms with Crippen molar-refractivity contribution in [3.8, 4) is 0 Å². The summed E-state index contributed by atoms with van der Waals surface area (Å²) in [6, 6.07) is 0. The molecule has 0 bridgehead atoms. The average molecular weight is 153 g/mol. The first-order chi connectivity index (χ1) is 5.13. The number of rotatable bonds is 2.